The molecule has 0 aliphatic carbocycles. The SMILES string of the molecule is CC(=C/C=C/C=C1/C=C/C=C(\C)C(=O)O[C@@H]2OC(CO1)[C@@H](O)C(O)C2O)/C=C/C=C(\C)C(=O)O[C@@H]1OC(CO[C@@H]2OC(CO)[C@@H](O)C(O)C2O)[C@@H](O)C(O)C1O. The summed E-state index contributed by atoms with van der Waals surface area (Å²) < 4.78 is 37.7. The van der Waals surface area contributed by atoms with Gasteiger partial charge in [-0.15, -0.1) is 0 Å². The molecule has 15 atom stereocenters. The highest BCUT2D eigenvalue weighted by atomic mass is 16.7. The Morgan fingerprint density at radius 1 is 0.786 bits per heavy atom. The number of rotatable bonds is 10. The van der Waals surface area contributed by atoms with Crippen molar-refractivity contribution in [3.05, 3.63) is 83.2 Å². The first-order chi connectivity index (χ1) is 26.5. The van der Waals surface area contributed by atoms with E-state index in [0.717, 1.165) is 5.57 Å². The van der Waals surface area contributed by atoms with Crippen LogP contribution in [-0.2, 0) is 42.7 Å². The second-order valence-electron chi connectivity index (χ2n) is 13.5. The van der Waals surface area contributed by atoms with Crippen LogP contribution in [0.15, 0.2) is 83.2 Å². The zero-order valence-corrected chi connectivity index (χ0v) is 30.7. The lowest BCUT2D eigenvalue weighted by Crippen LogP contribution is -2.61. The van der Waals surface area contributed by atoms with Crippen LogP contribution in [0, 0.1) is 0 Å². The topological polar surface area (TPSA) is 301 Å². The van der Waals surface area contributed by atoms with Gasteiger partial charge < -0.3 is 84.2 Å². The Kier molecular flexibility index (Phi) is 16.6. The van der Waals surface area contributed by atoms with Crippen LogP contribution >= 0.6 is 0 Å². The molecule has 9 unspecified atom stereocenters. The van der Waals surface area contributed by atoms with E-state index in [4.69, 9.17) is 33.2 Å². The Balaban J connectivity index is 1.33. The summed E-state index contributed by atoms with van der Waals surface area (Å²) in [6.45, 7) is 3.15. The Hall–Kier alpha value is -3.64. The highest BCUT2D eigenvalue weighted by Crippen LogP contribution is 2.27. The molecule has 4 aliphatic heterocycles. The monoisotopic (exact) mass is 798 g/mol. The number of fused-ring (bicyclic) bond motifs is 2. The van der Waals surface area contributed by atoms with Gasteiger partial charge in [0.25, 0.3) is 0 Å². The Morgan fingerprint density at radius 2 is 1.43 bits per heavy atom. The average molecular weight is 799 g/mol. The van der Waals surface area contributed by atoms with Crippen LogP contribution in [0.1, 0.15) is 20.8 Å². The predicted octanol–water partition coefficient (Wildman–Crippen LogP) is -3.07. The lowest BCUT2D eigenvalue weighted by Gasteiger charge is -2.42. The fourth-order valence-corrected chi connectivity index (χ4v) is 5.61. The van der Waals surface area contributed by atoms with E-state index in [9.17, 15) is 60.7 Å². The van der Waals surface area contributed by atoms with Crippen molar-refractivity contribution in [2.24, 2.45) is 0 Å². The molecule has 0 radical (unpaired) electrons. The van der Waals surface area contributed by atoms with Crippen LogP contribution in [-0.4, -0.2) is 175 Å². The normalized spacial score (nSPS) is 41.3. The minimum absolute atomic E-state index is 0.0734. The molecule has 4 aliphatic rings. The van der Waals surface area contributed by atoms with Crippen molar-refractivity contribution < 1.29 is 93.8 Å². The van der Waals surface area contributed by atoms with Gasteiger partial charge in [0.1, 0.15) is 85.6 Å². The fourth-order valence-electron chi connectivity index (χ4n) is 5.61. The molecule has 2 bridgehead atoms. The molecule has 10 N–H and O–H groups in total. The second-order valence-corrected chi connectivity index (χ2v) is 13.5. The highest BCUT2D eigenvalue weighted by Gasteiger charge is 2.49. The maximum absolute atomic E-state index is 12.8. The Morgan fingerprint density at radius 3 is 2.12 bits per heavy atom. The molecule has 56 heavy (non-hydrogen) atoms. The van der Waals surface area contributed by atoms with Gasteiger partial charge in [0.05, 0.1) is 13.2 Å². The summed E-state index contributed by atoms with van der Waals surface area (Å²) in [6.07, 6.45) is -8.08. The largest absolute Gasteiger partial charge is 0.491 e. The molecule has 0 saturated carbocycles. The third-order valence-electron chi connectivity index (χ3n) is 9.16. The molecular weight excluding hydrogens is 748 g/mol. The van der Waals surface area contributed by atoms with Gasteiger partial charge in [0.2, 0.25) is 12.6 Å². The van der Waals surface area contributed by atoms with Gasteiger partial charge in [0.15, 0.2) is 6.29 Å². The summed E-state index contributed by atoms with van der Waals surface area (Å²) in [5.41, 5.74) is 0.995. The van der Waals surface area contributed by atoms with Gasteiger partial charge in [0, 0.05) is 11.1 Å². The number of hydrogen-bond donors (Lipinski definition) is 10. The molecule has 19 nitrogen and oxygen atoms in total. The number of allylic oxidation sites excluding steroid dienone is 11. The summed E-state index contributed by atoms with van der Waals surface area (Å²) in [4.78, 5) is 25.2. The van der Waals surface area contributed by atoms with E-state index in [1.165, 1.54) is 26.0 Å². The molecule has 4 rings (SSSR count). The summed E-state index contributed by atoms with van der Waals surface area (Å²) in [5.74, 6) is -1.40. The van der Waals surface area contributed by atoms with E-state index in [2.05, 4.69) is 0 Å². The summed E-state index contributed by atoms with van der Waals surface area (Å²) >= 11 is 0. The summed E-state index contributed by atoms with van der Waals surface area (Å²) in [7, 11) is 0. The third-order valence-corrected chi connectivity index (χ3v) is 9.16. The lowest BCUT2D eigenvalue weighted by molar-refractivity contribution is -0.326. The van der Waals surface area contributed by atoms with E-state index in [0.29, 0.717) is 5.76 Å². The van der Waals surface area contributed by atoms with Crippen LogP contribution in [0.5, 0.6) is 0 Å². The summed E-state index contributed by atoms with van der Waals surface area (Å²) in [6, 6.07) is 0. The van der Waals surface area contributed by atoms with Crippen molar-refractivity contribution in [3.8, 4) is 0 Å². The predicted molar refractivity (Wildman–Crippen MR) is 188 cm³/mol. The molecule has 0 aromatic rings. The van der Waals surface area contributed by atoms with Gasteiger partial charge in [-0.1, -0.05) is 54.2 Å². The lowest BCUT2D eigenvalue weighted by atomic mass is 9.98. The zero-order chi connectivity index (χ0) is 41.3. The molecule has 0 aromatic carbocycles. The smallest absolute Gasteiger partial charge is 0.336 e. The minimum atomic E-state index is -1.85. The van der Waals surface area contributed by atoms with E-state index < -0.39 is 117 Å². The standard InChI is InChI=1S/C37H50O19/c1-17(8-4-5-12-20-13-7-11-19(3)34(49)56-36-31(46)28(43)25(40)22(53-36)15-50-20)9-6-10-18(2)33(48)55-37-32(47)29(44)26(41)23(54-37)16-51-35-30(45)27(42)24(39)21(14-38)52-35/h4-13,21-32,35-47H,14-16H2,1-3H3/b5-4+,9-6+,13-7+,17-8-,18-10+,19-11+,20-12-/t21?,22?,23?,24-,25-,26-,27?,28?,29?,30?,31?,32?,35-,36+,37+/m1/s1. The third kappa shape index (κ3) is 11.5. The molecule has 4 heterocycles. The van der Waals surface area contributed by atoms with E-state index in [-0.39, 0.29) is 17.8 Å². The molecule has 0 aromatic heterocycles. The van der Waals surface area contributed by atoms with Crippen molar-refractivity contribution in [2.45, 2.75) is 113 Å². The first-order valence-corrected chi connectivity index (χ1v) is 17.6. The Bertz CT molecular complexity index is 1560. The average Bonchev–Trinajstić information content (AvgIpc) is 3.17. The van der Waals surface area contributed by atoms with Gasteiger partial charge in [-0.2, -0.15) is 0 Å². The molecule has 3 fully saturated rings. The van der Waals surface area contributed by atoms with E-state index in [1.54, 1.807) is 55.5 Å². The molecular formula is C37H50O19. The maximum Gasteiger partial charge on any atom is 0.336 e. The first-order valence-electron chi connectivity index (χ1n) is 17.6. The molecule has 0 spiro atoms. The number of carbonyl (C=O) groups is 2. The van der Waals surface area contributed by atoms with Crippen molar-refractivity contribution in [3.63, 3.8) is 0 Å². The summed E-state index contributed by atoms with van der Waals surface area (Å²) in [5, 5.41) is 101. The van der Waals surface area contributed by atoms with Gasteiger partial charge >= 0.3 is 11.9 Å². The van der Waals surface area contributed by atoms with Crippen LogP contribution in [0.2, 0.25) is 0 Å². The number of hydrogen-bond acceptors (Lipinski definition) is 19. The van der Waals surface area contributed by atoms with Crippen molar-refractivity contribution in [1.82, 2.24) is 0 Å². The minimum Gasteiger partial charge on any atom is -0.491 e. The first kappa shape index (κ1) is 45.1. The number of aliphatic hydroxyl groups is 10. The van der Waals surface area contributed by atoms with E-state index in [1.807, 2.05) is 0 Å². The highest BCUT2D eigenvalue weighted by molar-refractivity contribution is 5.88. The molecule has 312 valence electrons. The molecule has 19 heteroatoms. The van der Waals surface area contributed by atoms with Crippen LogP contribution in [0.3, 0.4) is 0 Å². The fraction of sp³-hybridized carbons (Fsp3) is 0.568. The zero-order valence-electron chi connectivity index (χ0n) is 30.7. The van der Waals surface area contributed by atoms with Crippen molar-refractivity contribution in [2.75, 3.05) is 19.8 Å². The van der Waals surface area contributed by atoms with Gasteiger partial charge in [-0.25, -0.2) is 9.59 Å². The quantitative estimate of drug-likeness (QED) is 0.0596. The van der Waals surface area contributed by atoms with Gasteiger partial charge in [-0.05, 0) is 32.9 Å². The Labute approximate surface area is 321 Å². The van der Waals surface area contributed by atoms with E-state index >= 15 is 0 Å². The van der Waals surface area contributed by atoms with Gasteiger partial charge in [-0.3, -0.25) is 0 Å². The number of esters is 2. The number of carbonyl (C=O) groups excluding carboxylic acids is 2. The van der Waals surface area contributed by atoms with Crippen molar-refractivity contribution in [1.29, 1.82) is 0 Å². The maximum atomic E-state index is 12.8. The van der Waals surface area contributed by atoms with Crippen LogP contribution in [0.25, 0.3) is 0 Å². The molecule has 0 amide bonds. The van der Waals surface area contributed by atoms with Crippen LogP contribution in [0.4, 0.5) is 0 Å². The van der Waals surface area contributed by atoms with Crippen molar-refractivity contribution >= 4 is 11.9 Å². The molecule has 3 saturated heterocycles. The number of ether oxygens (including phenoxy) is 7. The second kappa shape index (κ2) is 20.7. The van der Waals surface area contributed by atoms with Crippen LogP contribution < -0.4 is 0 Å². The number of aliphatic hydroxyl groups excluding tert-OH is 10.